The van der Waals surface area contributed by atoms with Crippen molar-refractivity contribution in [1.82, 2.24) is 10.3 Å². The minimum atomic E-state index is -0.283. The zero-order chi connectivity index (χ0) is 16.4. The number of hydrogen-bond acceptors (Lipinski definition) is 4. The second kappa shape index (κ2) is 6.91. The van der Waals surface area contributed by atoms with Crippen molar-refractivity contribution in [3.63, 3.8) is 0 Å². The first-order valence-corrected chi connectivity index (χ1v) is 8.59. The number of hydrogen-bond donors (Lipinski definition) is 1. The summed E-state index contributed by atoms with van der Waals surface area (Å²) in [6, 6.07) is 11.0. The Morgan fingerprint density at radius 3 is 2.83 bits per heavy atom. The van der Waals surface area contributed by atoms with Gasteiger partial charge in [0.15, 0.2) is 11.0 Å². The third-order valence-corrected chi connectivity index (χ3v) is 5.24. The van der Waals surface area contributed by atoms with Crippen LogP contribution in [-0.4, -0.2) is 21.3 Å². The van der Waals surface area contributed by atoms with E-state index in [9.17, 15) is 4.79 Å². The molecule has 23 heavy (non-hydrogen) atoms. The van der Waals surface area contributed by atoms with Crippen LogP contribution in [-0.2, 0) is 11.2 Å². The minimum Gasteiger partial charge on any atom is -0.304 e. The van der Waals surface area contributed by atoms with Crippen LogP contribution in [0.25, 0.3) is 0 Å². The van der Waals surface area contributed by atoms with Gasteiger partial charge in [-0.05, 0) is 37.1 Å². The predicted molar refractivity (Wildman–Crippen MR) is 95.8 cm³/mol. The van der Waals surface area contributed by atoms with E-state index in [1.165, 1.54) is 11.8 Å². The van der Waals surface area contributed by atoms with Gasteiger partial charge in [-0.2, -0.15) is 0 Å². The van der Waals surface area contributed by atoms with E-state index in [0.29, 0.717) is 27.5 Å². The van der Waals surface area contributed by atoms with Crippen molar-refractivity contribution in [2.24, 2.45) is 4.99 Å². The lowest BCUT2D eigenvalue weighted by molar-refractivity contribution is -0.118. The molecule has 0 aliphatic carbocycles. The molecule has 2 heterocycles. The SMILES string of the molecule is Cc1cccc(N=C2NC(=O)[C@@H](Cc3cccc(Cl)c3Cl)S2)n1. The summed E-state index contributed by atoms with van der Waals surface area (Å²) in [7, 11) is 0. The molecule has 118 valence electrons. The Morgan fingerprint density at radius 1 is 1.26 bits per heavy atom. The molecule has 1 N–H and O–H groups in total. The molecule has 2 aromatic rings. The van der Waals surface area contributed by atoms with Gasteiger partial charge in [-0.15, -0.1) is 0 Å². The Hall–Kier alpha value is -1.56. The van der Waals surface area contributed by atoms with E-state index in [1.54, 1.807) is 12.1 Å². The van der Waals surface area contributed by atoms with Crippen LogP contribution < -0.4 is 5.32 Å². The highest BCUT2D eigenvalue weighted by atomic mass is 35.5. The monoisotopic (exact) mass is 365 g/mol. The lowest BCUT2D eigenvalue weighted by Gasteiger charge is -2.08. The van der Waals surface area contributed by atoms with Crippen molar-refractivity contribution in [1.29, 1.82) is 0 Å². The average molecular weight is 366 g/mol. The molecular formula is C16H13Cl2N3OS. The molecule has 0 unspecified atom stereocenters. The maximum absolute atomic E-state index is 12.1. The second-order valence-corrected chi connectivity index (χ2v) is 7.04. The normalized spacial score (nSPS) is 19.2. The molecule has 1 aliphatic rings. The highest BCUT2D eigenvalue weighted by Crippen LogP contribution is 2.31. The zero-order valence-corrected chi connectivity index (χ0v) is 14.5. The quantitative estimate of drug-likeness (QED) is 0.888. The average Bonchev–Trinajstić information content (AvgIpc) is 2.83. The summed E-state index contributed by atoms with van der Waals surface area (Å²) in [6.45, 7) is 1.90. The highest BCUT2D eigenvalue weighted by molar-refractivity contribution is 8.15. The van der Waals surface area contributed by atoms with Gasteiger partial charge in [0.05, 0.1) is 15.3 Å². The number of rotatable bonds is 3. The van der Waals surface area contributed by atoms with Crippen LogP contribution in [0.3, 0.4) is 0 Å². The molecule has 1 amide bonds. The standard InChI is InChI=1S/C16H13Cl2N3OS/c1-9-4-2-7-13(19-9)20-16-21-15(22)12(23-16)8-10-5-3-6-11(17)14(10)18/h2-7,12H,8H2,1H3,(H,19,20,21,22)/t12-/m1/s1. The van der Waals surface area contributed by atoms with Crippen molar-refractivity contribution >= 4 is 51.9 Å². The van der Waals surface area contributed by atoms with Gasteiger partial charge in [0, 0.05) is 5.69 Å². The first-order valence-electron chi connectivity index (χ1n) is 6.95. The molecule has 1 atom stereocenters. The summed E-state index contributed by atoms with van der Waals surface area (Å²) >= 11 is 13.6. The lowest BCUT2D eigenvalue weighted by Crippen LogP contribution is -2.26. The number of carbonyl (C=O) groups excluding carboxylic acids is 1. The summed E-state index contributed by atoms with van der Waals surface area (Å²) in [5.74, 6) is 0.492. The molecule has 1 saturated heterocycles. The van der Waals surface area contributed by atoms with Gasteiger partial charge < -0.3 is 5.32 Å². The van der Waals surface area contributed by atoms with Gasteiger partial charge in [-0.3, -0.25) is 4.79 Å². The van der Waals surface area contributed by atoms with Gasteiger partial charge >= 0.3 is 0 Å². The molecule has 1 aliphatic heterocycles. The molecule has 0 spiro atoms. The number of halogens is 2. The Balaban J connectivity index is 1.76. The van der Waals surface area contributed by atoms with E-state index in [2.05, 4.69) is 15.3 Å². The van der Waals surface area contributed by atoms with Gasteiger partial charge in [0.25, 0.3) is 0 Å². The molecule has 1 fully saturated rings. The maximum Gasteiger partial charge on any atom is 0.239 e. The third-order valence-electron chi connectivity index (χ3n) is 3.30. The lowest BCUT2D eigenvalue weighted by atomic mass is 10.1. The molecule has 0 bridgehead atoms. The maximum atomic E-state index is 12.1. The largest absolute Gasteiger partial charge is 0.304 e. The Kier molecular flexibility index (Phi) is 4.90. The van der Waals surface area contributed by atoms with Crippen LogP contribution in [0, 0.1) is 6.92 Å². The van der Waals surface area contributed by atoms with E-state index < -0.39 is 0 Å². The number of carbonyl (C=O) groups is 1. The van der Waals surface area contributed by atoms with Gasteiger partial charge in [-0.1, -0.05) is 53.2 Å². The van der Waals surface area contributed by atoms with Crippen molar-refractivity contribution in [3.8, 4) is 0 Å². The second-order valence-electron chi connectivity index (χ2n) is 5.07. The number of benzene rings is 1. The van der Waals surface area contributed by atoms with Gasteiger partial charge in [-0.25, -0.2) is 9.98 Å². The molecule has 7 heteroatoms. The summed E-state index contributed by atoms with van der Waals surface area (Å²) < 4.78 is 0. The topological polar surface area (TPSA) is 54.4 Å². The Bertz CT molecular complexity index is 795. The molecule has 1 aromatic heterocycles. The third kappa shape index (κ3) is 3.86. The summed E-state index contributed by atoms with van der Waals surface area (Å²) in [4.78, 5) is 20.8. The van der Waals surface area contributed by atoms with Crippen molar-refractivity contribution in [3.05, 3.63) is 57.7 Å². The van der Waals surface area contributed by atoms with E-state index in [0.717, 1.165) is 11.3 Å². The van der Waals surface area contributed by atoms with E-state index >= 15 is 0 Å². The molecule has 0 saturated carbocycles. The van der Waals surface area contributed by atoms with Gasteiger partial charge in [0.2, 0.25) is 5.91 Å². The van der Waals surface area contributed by atoms with Crippen LogP contribution in [0.4, 0.5) is 5.82 Å². The van der Waals surface area contributed by atoms with Crippen LogP contribution >= 0.6 is 35.0 Å². The Labute approximate surface area is 148 Å². The fraction of sp³-hybridized carbons (Fsp3) is 0.188. The van der Waals surface area contributed by atoms with Crippen LogP contribution in [0.1, 0.15) is 11.3 Å². The number of aromatic nitrogens is 1. The summed E-state index contributed by atoms with van der Waals surface area (Å²) in [5, 5.41) is 4.04. The molecular weight excluding hydrogens is 353 g/mol. The first kappa shape index (κ1) is 16.3. The van der Waals surface area contributed by atoms with Crippen molar-refractivity contribution < 1.29 is 4.79 Å². The first-order chi connectivity index (χ1) is 11.0. The number of aryl methyl sites for hydroxylation is 1. The molecule has 3 rings (SSSR count). The summed E-state index contributed by atoms with van der Waals surface area (Å²) in [5.41, 5.74) is 1.73. The minimum absolute atomic E-state index is 0.0857. The molecule has 1 aromatic carbocycles. The Morgan fingerprint density at radius 2 is 2.04 bits per heavy atom. The number of amides is 1. The number of thioether (sulfide) groups is 1. The fourth-order valence-electron chi connectivity index (χ4n) is 2.19. The number of pyridine rings is 1. The van der Waals surface area contributed by atoms with Gasteiger partial charge in [0.1, 0.15) is 0 Å². The van der Waals surface area contributed by atoms with E-state index in [-0.39, 0.29) is 11.2 Å². The number of amidine groups is 1. The van der Waals surface area contributed by atoms with Crippen LogP contribution in [0.15, 0.2) is 41.4 Å². The molecule has 0 radical (unpaired) electrons. The van der Waals surface area contributed by atoms with Crippen LogP contribution in [0.5, 0.6) is 0 Å². The van der Waals surface area contributed by atoms with Crippen LogP contribution in [0.2, 0.25) is 10.0 Å². The fourth-order valence-corrected chi connectivity index (χ4v) is 3.59. The predicted octanol–water partition coefficient (Wildman–Crippen LogP) is 4.16. The number of nitrogens with one attached hydrogen (secondary N) is 1. The highest BCUT2D eigenvalue weighted by Gasteiger charge is 2.31. The number of nitrogens with zero attached hydrogens (tertiary/aromatic N) is 2. The number of aliphatic imine (C=N–C) groups is 1. The van der Waals surface area contributed by atoms with E-state index in [1.807, 2.05) is 31.2 Å². The zero-order valence-electron chi connectivity index (χ0n) is 12.2. The van der Waals surface area contributed by atoms with E-state index in [4.69, 9.17) is 23.2 Å². The smallest absolute Gasteiger partial charge is 0.239 e. The molecule has 4 nitrogen and oxygen atoms in total. The van der Waals surface area contributed by atoms with Crippen molar-refractivity contribution in [2.75, 3.05) is 0 Å². The summed E-state index contributed by atoms with van der Waals surface area (Å²) in [6.07, 6.45) is 0.496. The van der Waals surface area contributed by atoms with Crippen molar-refractivity contribution in [2.45, 2.75) is 18.6 Å².